The standard InChI is InChI=1S/C30H40N2O7/c1-5-17-31(21-11-13-22(37-4)14-12-21)27(35)25-30-16-15-29(3,39-30)24(28(36)38-20-6-2)23(30)26(34)32(25)18-9-7-8-10-19-33/h5-6,11-14,23-25,33H,1-2,7-10,15-20H2,3-4H3/t23-,24-,25?,29+,30?/m0/s1. The molecule has 1 aromatic carbocycles. The lowest BCUT2D eigenvalue weighted by atomic mass is 9.66. The molecule has 212 valence electrons. The maximum atomic E-state index is 14.5. The molecule has 3 saturated heterocycles. The Balaban J connectivity index is 1.72. The SMILES string of the molecule is C=CCOC(=O)[C@@H]1[C@H]2C(=O)N(CCCCCCO)C(C(=O)N(CC=C)c3ccc(OC)cc3)C23CC[C@@]1(C)O3. The summed E-state index contributed by atoms with van der Waals surface area (Å²) >= 11 is 0. The summed E-state index contributed by atoms with van der Waals surface area (Å²) in [4.78, 5) is 45.1. The monoisotopic (exact) mass is 540 g/mol. The van der Waals surface area contributed by atoms with Gasteiger partial charge in [0, 0.05) is 25.4 Å². The smallest absolute Gasteiger partial charge is 0.313 e. The number of aliphatic hydroxyl groups excluding tert-OH is 1. The number of hydrogen-bond donors (Lipinski definition) is 1. The molecule has 2 bridgehead atoms. The van der Waals surface area contributed by atoms with E-state index in [0.29, 0.717) is 43.7 Å². The first-order valence-electron chi connectivity index (χ1n) is 13.7. The topological polar surface area (TPSA) is 106 Å². The van der Waals surface area contributed by atoms with Gasteiger partial charge in [-0.2, -0.15) is 0 Å². The summed E-state index contributed by atoms with van der Waals surface area (Å²) in [5.74, 6) is -1.95. The molecule has 4 rings (SSSR count). The molecule has 3 heterocycles. The summed E-state index contributed by atoms with van der Waals surface area (Å²) in [5, 5.41) is 9.14. The van der Waals surface area contributed by atoms with Gasteiger partial charge in [-0.05, 0) is 56.9 Å². The van der Waals surface area contributed by atoms with Gasteiger partial charge in [-0.3, -0.25) is 14.4 Å². The summed E-state index contributed by atoms with van der Waals surface area (Å²) < 4.78 is 17.4. The first-order valence-corrected chi connectivity index (χ1v) is 13.7. The fourth-order valence-corrected chi connectivity index (χ4v) is 6.64. The number of amides is 2. The highest BCUT2D eigenvalue weighted by Gasteiger charge is 2.78. The average Bonchev–Trinajstić information content (AvgIpc) is 3.50. The van der Waals surface area contributed by atoms with Gasteiger partial charge in [0.15, 0.2) is 0 Å². The van der Waals surface area contributed by atoms with E-state index in [2.05, 4.69) is 13.2 Å². The van der Waals surface area contributed by atoms with Gasteiger partial charge in [0.2, 0.25) is 5.91 Å². The molecule has 39 heavy (non-hydrogen) atoms. The van der Waals surface area contributed by atoms with Crippen molar-refractivity contribution in [2.24, 2.45) is 11.8 Å². The molecule has 3 aliphatic heterocycles. The normalized spacial score (nSPS) is 28.7. The number of ether oxygens (including phenoxy) is 3. The molecule has 2 amide bonds. The number of nitrogens with zero attached hydrogens (tertiary/aromatic N) is 2. The Morgan fingerprint density at radius 2 is 1.87 bits per heavy atom. The number of aliphatic hydroxyl groups is 1. The Labute approximate surface area is 230 Å². The van der Waals surface area contributed by atoms with E-state index >= 15 is 0 Å². The van der Waals surface area contributed by atoms with Crippen molar-refractivity contribution in [2.45, 2.75) is 62.7 Å². The van der Waals surface area contributed by atoms with Crippen LogP contribution in [-0.4, -0.2) is 78.4 Å². The number of carbonyl (C=O) groups is 3. The Kier molecular flexibility index (Phi) is 8.81. The Morgan fingerprint density at radius 3 is 2.51 bits per heavy atom. The van der Waals surface area contributed by atoms with Crippen LogP contribution in [0.15, 0.2) is 49.6 Å². The van der Waals surface area contributed by atoms with E-state index in [1.807, 2.05) is 6.92 Å². The molecule has 0 aliphatic carbocycles. The van der Waals surface area contributed by atoms with E-state index in [9.17, 15) is 14.4 Å². The van der Waals surface area contributed by atoms with Crippen molar-refractivity contribution in [3.8, 4) is 5.75 Å². The molecule has 3 aliphatic rings. The Hall–Kier alpha value is -3.17. The third-order valence-electron chi connectivity index (χ3n) is 8.38. The highest BCUT2D eigenvalue weighted by molar-refractivity contribution is 6.04. The molecular weight excluding hydrogens is 500 g/mol. The summed E-state index contributed by atoms with van der Waals surface area (Å²) in [7, 11) is 1.58. The number of methoxy groups -OCH3 is 1. The minimum absolute atomic E-state index is 0.0425. The zero-order valence-electron chi connectivity index (χ0n) is 23.0. The molecule has 9 heteroatoms. The van der Waals surface area contributed by atoms with Gasteiger partial charge >= 0.3 is 5.97 Å². The molecule has 0 aromatic heterocycles. The van der Waals surface area contributed by atoms with Crippen molar-refractivity contribution in [3.05, 3.63) is 49.6 Å². The molecular formula is C30H40N2O7. The average molecular weight is 541 g/mol. The zero-order chi connectivity index (χ0) is 28.2. The van der Waals surface area contributed by atoms with Gasteiger partial charge in [-0.1, -0.05) is 31.6 Å². The second-order valence-corrected chi connectivity index (χ2v) is 10.8. The first kappa shape index (κ1) is 28.8. The van der Waals surface area contributed by atoms with Crippen molar-refractivity contribution in [3.63, 3.8) is 0 Å². The van der Waals surface area contributed by atoms with E-state index in [-0.39, 0.29) is 31.6 Å². The minimum Gasteiger partial charge on any atom is -0.497 e. The van der Waals surface area contributed by atoms with Crippen LogP contribution < -0.4 is 9.64 Å². The van der Waals surface area contributed by atoms with Gasteiger partial charge in [0.05, 0.1) is 18.6 Å². The van der Waals surface area contributed by atoms with Crippen LogP contribution in [0.4, 0.5) is 5.69 Å². The highest BCUT2D eigenvalue weighted by atomic mass is 16.6. The van der Waals surface area contributed by atoms with Crippen LogP contribution >= 0.6 is 0 Å². The second kappa shape index (κ2) is 11.9. The van der Waals surface area contributed by atoms with Crippen LogP contribution in [0.25, 0.3) is 0 Å². The number of rotatable bonds is 14. The molecule has 9 nitrogen and oxygen atoms in total. The second-order valence-electron chi connectivity index (χ2n) is 10.8. The number of hydrogen-bond acceptors (Lipinski definition) is 7. The molecule has 5 atom stereocenters. The van der Waals surface area contributed by atoms with Crippen molar-refractivity contribution in [2.75, 3.05) is 38.3 Å². The zero-order valence-corrected chi connectivity index (χ0v) is 23.0. The summed E-state index contributed by atoms with van der Waals surface area (Å²) in [5.41, 5.74) is -1.37. The van der Waals surface area contributed by atoms with E-state index in [0.717, 1.165) is 12.8 Å². The number of carbonyl (C=O) groups excluding carboxylic acids is 3. The van der Waals surface area contributed by atoms with E-state index in [1.54, 1.807) is 47.3 Å². The van der Waals surface area contributed by atoms with E-state index in [4.69, 9.17) is 19.3 Å². The molecule has 2 unspecified atom stereocenters. The molecule has 0 radical (unpaired) electrons. The van der Waals surface area contributed by atoms with Gasteiger partial charge in [-0.25, -0.2) is 0 Å². The predicted molar refractivity (Wildman–Crippen MR) is 146 cm³/mol. The molecule has 0 saturated carbocycles. The summed E-state index contributed by atoms with van der Waals surface area (Å²) in [6.07, 6.45) is 7.17. The number of unbranched alkanes of at least 4 members (excludes halogenated alkanes) is 3. The van der Waals surface area contributed by atoms with Crippen LogP contribution in [0.5, 0.6) is 5.75 Å². The van der Waals surface area contributed by atoms with Gasteiger partial charge < -0.3 is 29.1 Å². The first-order chi connectivity index (χ1) is 18.8. The number of benzene rings is 1. The maximum Gasteiger partial charge on any atom is 0.313 e. The Bertz CT molecular complexity index is 1090. The summed E-state index contributed by atoms with van der Waals surface area (Å²) in [6.45, 7) is 10.1. The van der Waals surface area contributed by atoms with Crippen LogP contribution in [-0.2, 0) is 23.9 Å². The van der Waals surface area contributed by atoms with Crippen molar-refractivity contribution < 1.29 is 33.7 Å². The molecule has 1 aromatic rings. The lowest BCUT2D eigenvalue weighted by Gasteiger charge is -2.37. The van der Waals surface area contributed by atoms with Crippen LogP contribution in [0, 0.1) is 11.8 Å². The van der Waals surface area contributed by atoms with E-state index < -0.39 is 35.0 Å². The van der Waals surface area contributed by atoms with Crippen LogP contribution in [0.3, 0.4) is 0 Å². The Morgan fingerprint density at radius 1 is 1.15 bits per heavy atom. The fourth-order valence-electron chi connectivity index (χ4n) is 6.64. The number of likely N-dealkylation sites (tertiary alicyclic amines) is 1. The van der Waals surface area contributed by atoms with Crippen LogP contribution in [0.2, 0.25) is 0 Å². The van der Waals surface area contributed by atoms with Crippen molar-refractivity contribution >= 4 is 23.5 Å². The third-order valence-corrected chi connectivity index (χ3v) is 8.38. The largest absolute Gasteiger partial charge is 0.497 e. The highest BCUT2D eigenvalue weighted by Crippen LogP contribution is 2.63. The minimum atomic E-state index is -1.13. The van der Waals surface area contributed by atoms with Crippen molar-refractivity contribution in [1.29, 1.82) is 0 Å². The molecule has 1 spiro atoms. The lowest BCUT2D eigenvalue weighted by Crippen LogP contribution is -2.56. The van der Waals surface area contributed by atoms with Crippen molar-refractivity contribution in [1.82, 2.24) is 4.90 Å². The predicted octanol–water partition coefficient (Wildman–Crippen LogP) is 3.26. The molecule has 1 N–H and O–H groups in total. The molecule has 3 fully saturated rings. The third kappa shape index (κ3) is 5.10. The van der Waals surface area contributed by atoms with E-state index in [1.165, 1.54) is 6.08 Å². The summed E-state index contributed by atoms with van der Waals surface area (Å²) in [6, 6.07) is 6.27. The van der Waals surface area contributed by atoms with Gasteiger partial charge in [0.25, 0.3) is 5.91 Å². The lowest BCUT2D eigenvalue weighted by molar-refractivity contribution is -0.158. The maximum absolute atomic E-state index is 14.5. The number of fused-ring (bicyclic) bond motifs is 1. The quantitative estimate of drug-likeness (QED) is 0.219. The number of anilines is 1. The van der Waals surface area contributed by atoms with Gasteiger partial charge in [-0.15, -0.1) is 6.58 Å². The number of esters is 1. The van der Waals surface area contributed by atoms with Crippen LogP contribution in [0.1, 0.15) is 45.4 Å². The fraction of sp³-hybridized carbons (Fsp3) is 0.567. The van der Waals surface area contributed by atoms with Gasteiger partial charge in [0.1, 0.15) is 29.9 Å².